The Kier molecular flexibility index (Phi) is 6.78. The van der Waals surface area contributed by atoms with Crippen LogP contribution < -0.4 is 5.32 Å². The fourth-order valence-corrected chi connectivity index (χ4v) is 0.725. The molecule has 0 unspecified atom stereocenters. The highest BCUT2D eigenvalue weighted by atomic mass is 79.9. The van der Waals surface area contributed by atoms with E-state index < -0.39 is 6.70 Å². The van der Waals surface area contributed by atoms with Crippen LogP contribution in [0.5, 0.6) is 0 Å². The molecule has 84 valence electrons. The number of amides is 1. The van der Waals surface area contributed by atoms with Crippen molar-refractivity contribution in [3.8, 4) is 0 Å². The van der Waals surface area contributed by atoms with Gasteiger partial charge in [-0.15, -0.1) is 0 Å². The Morgan fingerprint density at radius 1 is 1.20 bits per heavy atom. The van der Waals surface area contributed by atoms with E-state index in [2.05, 4.69) is 34.9 Å². The van der Waals surface area contributed by atoms with E-state index in [1.807, 2.05) is 30.3 Å². The van der Waals surface area contributed by atoms with Crippen molar-refractivity contribution in [3.05, 3.63) is 30.3 Å². The van der Waals surface area contributed by atoms with Crippen molar-refractivity contribution in [3.63, 3.8) is 0 Å². The lowest BCUT2D eigenvalue weighted by atomic mass is 10.3. The third-order valence-electron chi connectivity index (χ3n) is 1.09. The molecule has 0 bridgehead atoms. The highest BCUT2D eigenvalue weighted by Gasteiger charge is 1.90. The van der Waals surface area contributed by atoms with E-state index in [0.29, 0.717) is 0 Å². The maximum atomic E-state index is 10.5. The summed E-state index contributed by atoms with van der Waals surface area (Å²) in [7, 11) is 0. The standard InChI is InChI=1S/C8H9NO.Br2O2S/c1-7(10)9-8-5-3-2-4-6-8;1-5(2,3)4/h2-6H,1H3,(H,9,10);. The molecule has 1 N–H and O–H groups in total. The Hall–Kier alpha value is -0.400. The van der Waals surface area contributed by atoms with E-state index >= 15 is 0 Å². The van der Waals surface area contributed by atoms with Crippen molar-refractivity contribution in [2.45, 2.75) is 6.92 Å². The smallest absolute Gasteiger partial charge is 0.268 e. The molecule has 1 rings (SSSR count). The third-order valence-corrected chi connectivity index (χ3v) is 1.09. The van der Waals surface area contributed by atoms with Crippen molar-refractivity contribution in [2.24, 2.45) is 0 Å². The van der Waals surface area contributed by atoms with Crippen LogP contribution in [0.15, 0.2) is 30.3 Å². The number of anilines is 1. The van der Waals surface area contributed by atoms with Crippen LogP contribution in [0.25, 0.3) is 0 Å². The molecule has 0 atom stereocenters. The van der Waals surface area contributed by atoms with Gasteiger partial charge in [-0.1, -0.05) is 18.2 Å². The molecule has 1 aromatic rings. The van der Waals surface area contributed by atoms with E-state index in [4.69, 9.17) is 0 Å². The molecule has 1 amide bonds. The summed E-state index contributed by atoms with van der Waals surface area (Å²) in [5, 5.41) is 2.67. The van der Waals surface area contributed by atoms with Crippen LogP contribution in [0.4, 0.5) is 5.69 Å². The number of carbonyl (C=O) groups is 1. The lowest BCUT2D eigenvalue weighted by Gasteiger charge is -1.98. The number of hydrogen-bond donors (Lipinski definition) is 1. The predicted molar refractivity (Wildman–Crippen MR) is 67.5 cm³/mol. The van der Waals surface area contributed by atoms with Crippen molar-refractivity contribution in [1.29, 1.82) is 0 Å². The van der Waals surface area contributed by atoms with Gasteiger partial charge in [-0.2, -0.15) is 0 Å². The molecule has 0 aliphatic heterocycles. The van der Waals surface area contributed by atoms with Gasteiger partial charge in [-0.25, -0.2) is 8.42 Å². The summed E-state index contributed by atoms with van der Waals surface area (Å²) in [4.78, 5) is 10.5. The van der Waals surface area contributed by atoms with Crippen LogP contribution in [0.2, 0.25) is 0 Å². The molecule has 0 spiro atoms. The zero-order valence-corrected chi connectivity index (χ0v) is 11.8. The molecular formula is C8H9Br2NO3S. The van der Waals surface area contributed by atoms with Gasteiger partial charge in [0.1, 0.15) is 0 Å². The highest BCUT2D eigenvalue weighted by Crippen LogP contribution is 2.06. The summed E-state index contributed by atoms with van der Waals surface area (Å²) in [5.74, 6) is -0.0359. The van der Waals surface area contributed by atoms with Crippen LogP contribution in [-0.2, 0) is 11.5 Å². The number of carbonyl (C=O) groups excluding carboxylic acids is 1. The van der Waals surface area contributed by atoms with Crippen molar-refractivity contribution in [1.82, 2.24) is 0 Å². The average Bonchev–Trinajstić information content (AvgIpc) is 2.01. The van der Waals surface area contributed by atoms with Crippen molar-refractivity contribution >= 4 is 47.9 Å². The van der Waals surface area contributed by atoms with Gasteiger partial charge in [0.15, 0.2) is 0 Å². The number of hydrogen-bond acceptors (Lipinski definition) is 3. The highest BCUT2D eigenvalue weighted by molar-refractivity contribution is 9.79. The second kappa shape index (κ2) is 6.97. The van der Waals surface area contributed by atoms with Crippen molar-refractivity contribution in [2.75, 3.05) is 5.32 Å². The molecule has 15 heavy (non-hydrogen) atoms. The molecule has 0 saturated heterocycles. The molecule has 0 aliphatic rings. The Labute approximate surface area is 103 Å². The first kappa shape index (κ1) is 14.6. The average molecular weight is 359 g/mol. The second-order valence-electron chi connectivity index (χ2n) is 2.43. The van der Waals surface area contributed by atoms with Gasteiger partial charge in [0, 0.05) is 12.6 Å². The molecule has 4 nitrogen and oxygen atoms in total. The monoisotopic (exact) mass is 357 g/mol. The SMILES string of the molecule is CC(=O)Nc1ccccc1.O=S(=O)(Br)Br. The normalized spacial score (nSPS) is 9.80. The van der Waals surface area contributed by atoms with Gasteiger partial charge in [0.05, 0.1) is 29.6 Å². The van der Waals surface area contributed by atoms with Crippen LogP contribution in [0.3, 0.4) is 0 Å². The quantitative estimate of drug-likeness (QED) is 0.785. The minimum absolute atomic E-state index is 0.0359. The Balaban J connectivity index is 0.000000336. The Bertz CT molecular complexity index is 397. The zero-order valence-electron chi connectivity index (χ0n) is 7.78. The summed E-state index contributed by atoms with van der Waals surface area (Å²) in [6.45, 7) is -1.55. The molecule has 7 heteroatoms. The number of para-hydroxylation sites is 1. The fourth-order valence-electron chi connectivity index (χ4n) is 0.725. The topological polar surface area (TPSA) is 63.2 Å². The number of benzene rings is 1. The molecule has 1 aromatic carbocycles. The Morgan fingerprint density at radius 3 is 1.93 bits per heavy atom. The van der Waals surface area contributed by atoms with E-state index in [1.165, 1.54) is 6.92 Å². The van der Waals surface area contributed by atoms with E-state index in [-0.39, 0.29) is 5.91 Å². The number of nitrogens with one attached hydrogen (secondary N) is 1. The van der Waals surface area contributed by atoms with Crippen LogP contribution in [0, 0.1) is 0 Å². The van der Waals surface area contributed by atoms with E-state index in [0.717, 1.165) is 5.69 Å². The molecule has 0 aromatic heterocycles. The van der Waals surface area contributed by atoms with Gasteiger partial charge >= 0.3 is 0 Å². The minimum atomic E-state index is -3.04. The van der Waals surface area contributed by atoms with Crippen molar-refractivity contribution < 1.29 is 13.2 Å². The summed E-state index contributed by atoms with van der Waals surface area (Å²) in [6.07, 6.45) is 0. The summed E-state index contributed by atoms with van der Waals surface area (Å²) < 4.78 is 18.9. The Morgan fingerprint density at radius 2 is 1.60 bits per heavy atom. The molecule has 0 saturated carbocycles. The molecular weight excluding hydrogens is 350 g/mol. The summed E-state index contributed by atoms with van der Waals surface area (Å²) in [5.41, 5.74) is 0.843. The van der Waals surface area contributed by atoms with E-state index in [9.17, 15) is 13.2 Å². The minimum Gasteiger partial charge on any atom is -0.326 e. The predicted octanol–water partition coefficient (Wildman–Crippen LogP) is 2.67. The summed E-state index contributed by atoms with van der Waals surface area (Å²) in [6, 6.07) is 9.37. The number of rotatable bonds is 1. The number of halogens is 2. The molecule has 0 radical (unpaired) electrons. The summed E-state index contributed by atoms with van der Waals surface area (Å²) >= 11 is 4.53. The maximum Gasteiger partial charge on any atom is 0.268 e. The van der Waals surface area contributed by atoms with Gasteiger partial charge in [-0.05, 0) is 12.1 Å². The van der Waals surface area contributed by atoms with Crippen LogP contribution in [0.1, 0.15) is 6.92 Å². The van der Waals surface area contributed by atoms with E-state index in [1.54, 1.807) is 0 Å². The fraction of sp³-hybridized carbons (Fsp3) is 0.125. The molecule has 0 heterocycles. The van der Waals surface area contributed by atoms with Gasteiger partial charge < -0.3 is 5.32 Å². The maximum absolute atomic E-state index is 10.5. The second-order valence-corrected chi connectivity index (χ2v) is 10.9. The lowest BCUT2D eigenvalue weighted by molar-refractivity contribution is -0.114. The zero-order chi connectivity index (χ0) is 11.9. The first-order valence-electron chi connectivity index (χ1n) is 3.76. The lowest BCUT2D eigenvalue weighted by Crippen LogP contribution is -2.04. The van der Waals surface area contributed by atoms with Crippen LogP contribution >= 0.6 is 29.6 Å². The molecule has 0 fully saturated rings. The van der Waals surface area contributed by atoms with Crippen LogP contribution in [-0.4, -0.2) is 14.3 Å². The van der Waals surface area contributed by atoms with Gasteiger partial charge in [0.2, 0.25) is 5.91 Å². The van der Waals surface area contributed by atoms with Gasteiger partial charge in [0.25, 0.3) is 6.70 Å². The first-order chi connectivity index (χ1) is 6.79. The molecule has 0 aliphatic carbocycles. The largest absolute Gasteiger partial charge is 0.326 e. The first-order valence-corrected chi connectivity index (χ1v) is 8.93. The third kappa shape index (κ3) is 13.6. The van der Waals surface area contributed by atoms with Gasteiger partial charge in [-0.3, -0.25) is 4.79 Å².